The van der Waals surface area contributed by atoms with E-state index in [0.29, 0.717) is 11.8 Å². The molecule has 6 fully saturated rings. The minimum absolute atomic E-state index is 0.638. The Morgan fingerprint density at radius 1 is 0.512 bits per heavy atom. The third-order valence-corrected chi connectivity index (χ3v) is 14.6. The maximum absolute atomic E-state index is 6.62. The summed E-state index contributed by atoms with van der Waals surface area (Å²) in [5, 5.41) is 2.60. The molecule has 12 unspecified atom stereocenters. The summed E-state index contributed by atoms with van der Waals surface area (Å²) in [6, 6.07) is 22.4. The van der Waals surface area contributed by atoms with Gasteiger partial charge in [0.05, 0.1) is 0 Å². The molecule has 10 rings (SSSR count). The quantitative estimate of drug-likeness (QED) is 0.240. The summed E-state index contributed by atoms with van der Waals surface area (Å²) in [4.78, 5) is 5.00. The van der Waals surface area contributed by atoms with Gasteiger partial charge in [0.25, 0.3) is 0 Å². The second kappa shape index (κ2) is 9.95. The molecule has 0 radical (unpaired) electrons. The van der Waals surface area contributed by atoms with Crippen molar-refractivity contribution in [3.63, 3.8) is 0 Å². The van der Waals surface area contributed by atoms with Crippen LogP contribution in [0.3, 0.4) is 0 Å². The third-order valence-electron chi connectivity index (χ3n) is 14.6. The lowest BCUT2D eigenvalue weighted by atomic mass is 9.37. The van der Waals surface area contributed by atoms with Crippen LogP contribution in [0, 0.1) is 59.2 Å². The number of nitrogens with zero attached hydrogens (tertiary/aromatic N) is 1. The summed E-state index contributed by atoms with van der Waals surface area (Å²) in [6.45, 7) is 0. The zero-order valence-corrected chi connectivity index (χ0v) is 25.6. The van der Waals surface area contributed by atoms with Gasteiger partial charge in [0, 0.05) is 28.6 Å². The molecule has 2 aromatic heterocycles. The van der Waals surface area contributed by atoms with Crippen LogP contribution in [0.1, 0.15) is 100 Å². The van der Waals surface area contributed by atoms with Crippen LogP contribution < -0.4 is 0 Å². The highest BCUT2D eigenvalue weighted by atomic mass is 16.3. The summed E-state index contributed by atoms with van der Waals surface area (Å²) < 4.78 is 6.62. The minimum atomic E-state index is 0.638. The number of hydrogen-bond donors (Lipinski definition) is 0. The van der Waals surface area contributed by atoms with Crippen molar-refractivity contribution in [2.24, 2.45) is 59.2 Å². The number of hydrogen-bond acceptors (Lipinski definition) is 2. The number of para-hydroxylation sites is 2. The van der Waals surface area contributed by atoms with E-state index in [4.69, 9.17) is 9.40 Å². The fourth-order valence-corrected chi connectivity index (χ4v) is 13.5. The molecule has 0 bridgehead atoms. The standard InChI is InChI=1S/C41H47NO/c1-2-10-28-27(9-1)31-13-8-14-32-34-21-24(26-12-7-15-33-30-11-3-4-17-38(30)43-41(26)33)18-19-29(34)36-23-25(37-16-5-6-20-42-37)22-35(28)40(36)39(31)32/h3-7,11-12,15-17,20,24-25,27-29,31-32,34-36,39-40H,1-2,8-10,13-14,18-19,21-23H2. The average molecular weight is 570 g/mol. The van der Waals surface area contributed by atoms with Crippen LogP contribution >= 0.6 is 0 Å². The minimum Gasteiger partial charge on any atom is -0.456 e. The van der Waals surface area contributed by atoms with Gasteiger partial charge < -0.3 is 4.42 Å². The Bertz CT molecular complexity index is 1640. The first-order valence-corrected chi connectivity index (χ1v) is 18.1. The Hall–Kier alpha value is -2.61. The number of pyridine rings is 1. The molecule has 2 heterocycles. The molecule has 6 aliphatic carbocycles. The van der Waals surface area contributed by atoms with Gasteiger partial charge in [-0.25, -0.2) is 0 Å². The van der Waals surface area contributed by atoms with Gasteiger partial charge in [0.15, 0.2) is 0 Å². The molecule has 0 spiro atoms. The first-order chi connectivity index (χ1) is 21.3. The van der Waals surface area contributed by atoms with E-state index in [1.807, 2.05) is 0 Å². The lowest BCUT2D eigenvalue weighted by molar-refractivity contribution is -0.191. The second-order valence-electron chi connectivity index (χ2n) is 15.9. The molecule has 43 heavy (non-hydrogen) atoms. The van der Waals surface area contributed by atoms with Crippen molar-refractivity contribution >= 4 is 21.9 Å². The van der Waals surface area contributed by atoms with Gasteiger partial charge >= 0.3 is 0 Å². The number of fused-ring (bicyclic) bond motifs is 9. The molecule has 4 aromatic rings. The van der Waals surface area contributed by atoms with E-state index in [1.165, 1.54) is 98.2 Å². The largest absolute Gasteiger partial charge is 0.456 e. The molecule has 2 aromatic carbocycles. The first-order valence-electron chi connectivity index (χ1n) is 18.1. The predicted molar refractivity (Wildman–Crippen MR) is 174 cm³/mol. The van der Waals surface area contributed by atoms with E-state index in [9.17, 15) is 0 Å². The van der Waals surface area contributed by atoms with Crippen molar-refractivity contribution in [1.29, 1.82) is 0 Å². The molecular weight excluding hydrogens is 522 g/mol. The second-order valence-corrected chi connectivity index (χ2v) is 15.9. The highest BCUT2D eigenvalue weighted by Gasteiger charge is 2.63. The monoisotopic (exact) mass is 569 g/mol. The average Bonchev–Trinajstić information content (AvgIpc) is 3.47. The van der Waals surface area contributed by atoms with Crippen molar-refractivity contribution in [2.75, 3.05) is 0 Å². The third kappa shape index (κ3) is 3.80. The van der Waals surface area contributed by atoms with Crippen molar-refractivity contribution in [2.45, 2.75) is 88.9 Å². The Labute approximate surface area is 257 Å². The van der Waals surface area contributed by atoms with Gasteiger partial charge in [0.1, 0.15) is 11.2 Å². The Morgan fingerprint density at radius 3 is 2.02 bits per heavy atom. The zero-order chi connectivity index (χ0) is 28.1. The molecule has 0 aliphatic heterocycles. The highest BCUT2D eigenvalue weighted by molar-refractivity contribution is 6.05. The Balaban J connectivity index is 1.05. The van der Waals surface area contributed by atoms with Gasteiger partial charge in [-0.3, -0.25) is 4.98 Å². The van der Waals surface area contributed by atoms with Crippen LogP contribution in [0.25, 0.3) is 21.9 Å². The van der Waals surface area contributed by atoms with Crippen molar-refractivity contribution < 1.29 is 4.42 Å². The van der Waals surface area contributed by atoms with E-state index < -0.39 is 0 Å². The first kappa shape index (κ1) is 25.7. The maximum Gasteiger partial charge on any atom is 0.138 e. The van der Waals surface area contributed by atoms with E-state index in [1.54, 1.807) is 6.42 Å². The van der Waals surface area contributed by atoms with Gasteiger partial charge in [-0.1, -0.05) is 61.7 Å². The normalized spacial score (nSPS) is 41.8. The molecule has 2 heteroatoms. The molecule has 0 N–H and O–H groups in total. The lowest BCUT2D eigenvalue weighted by Crippen LogP contribution is -2.62. The summed E-state index contributed by atoms with van der Waals surface area (Å²) in [7, 11) is 0. The summed E-state index contributed by atoms with van der Waals surface area (Å²) >= 11 is 0. The molecule has 0 saturated heterocycles. The number of benzene rings is 2. The topological polar surface area (TPSA) is 26.0 Å². The number of rotatable bonds is 2. The van der Waals surface area contributed by atoms with Crippen molar-refractivity contribution in [1.82, 2.24) is 4.98 Å². The summed E-state index contributed by atoms with van der Waals surface area (Å²) in [5.74, 6) is 11.1. The SMILES string of the molecule is c1ccc(C2CC3C4CCCCC4C4CCCC5C6CC(c7cccc8c7oc7ccccc78)CCC6C(C2)C3C45)nc1. The van der Waals surface area contributed by atoms with Crippen LogP contribution in [0.2, 0.25) is 0 Å². The van der Waals surface area contributed by atoms with Crippen LogP contribution in [-0.4, -0.2) is 4.98 Å². The van der Waals surface area contributed by atoms with E-state index in [0.717, 1.165) is 64.8 Å². The number of furan rings is 1. The molecule has 222 valence electrons. The van der Waals surface area contributed by atoms with Gasteiger partial charge in [0.2, 0.25) is 0 Å². The fourth-order valence-electron chi connectivity index (χ4n) is 13.5. The van der Waals surface area contributed by atoms with Gasteiger partial charge in [-0.05, 0) is 147 Å². The lowest BCUT2D eigenvalue weighted by Gasteiger charge is -2.68. The van der Waals surface area contributed by atoms with Gasteiger partial charge in [-0.15, -0.1) is 0 Å². The van der Waals surface area contributed by atoms with Gasteiger partial charge in [-0.2, -0.15) is 0 Å². The molecule has 0 amide bonds. The van der Waals surface area contributed by atoms with E-state index >= 15 is 0 Å². The zero-order valence-electron chi connectivity index (χ0n) is 25.6. The van der Waals surface area contributed by atoms with E-state index in [2.05, 4.69) is 66.9 Å². The number of aromatic nitrogens is 1. The maximum atomic E-state index is 6.62. The summed E-state index contributed by atoms with van der Waals surface area (Å²) in [6.07, 6.45) is 19.7. The van der Waals surface area contributed by atoms with Crippen molar-refractivity contribution in [3.8, 4) is 0 Å². The Kier molecular flexibility index (Phi) is 5.94. The molecule has 2 nitrogen and oxygen atoms in total. The van der Waals surface area contributed by atoms with E-state index in [-0.39, 0.29) is 0 Å². The predicted octanol–water partition coefficient (Wildman–Crippen LogP) is 10.8. The highest BCUT2D eigenvalue weighted by Crippen LogP contribution is 2.70. The van der Waals surface area contributed by atoms with Crippen LogP contribution in [0.4, 0.5) is 0 Å². The Morgan fingerprint density at radius 2 is 1.19 bits per heavy atom. The molecule has 6 saturated carbocycles. The molecule has 6 aliphatic rings. The van der Waals surface area contributed by atoms with Crippen LogP contribution in [-0.2, 0) is 0 Å². The van der Waals surface area contributed by atoms with Crippen LogP contribution in [0.15, 0.2) is 71.3 Å². The summed E-state index contributed by atoms with van der Waals surface area (Å²) in [5.41, 5.74) is 5.14. The molecule has 12 atom stereocenters. The van der Waals surface area contributed by atoms with Crippen molar-refractivity contribution in [3.05, 3.63) is 78.1 Å². The fraction of sp³-hybridized carbons (Fsp3) is 0.585. The smallest absolute Gasteiger partial charge is 0.138 e. The van der Waals surface area contributed by atoms with Crippen LogP contribution in [0.5, 0.6) is 0 Å². The molecular formula is C41H47NO.